The fourth-order valence-corrected chi connectivity index (χ4v) is 1.77. The van der Waals surface area contributed by atoms with E-state index in [0.717, 1.165) is 31.1 Å². The number of nitrogens with zero attached hydrogens (tertiary/aromatic N) is 4. The molecule has 9 nitrogen and oxygen atoms in total. The molecule has 0 aliphatic rings. The number of hydrogen-bond acceptors (Lipinski definition) is 7. The van der Waals surface area contributed by atoms with Crippen molar-refractivity contribution >= 4 is 0 Å². The first-order valence-electron chi connectivity index (χ1n) is 7.09. The van der Waals surface area contributed by atoms with Crippen LogP contribution in [0.4, 0.5) is 0 Å². The summed E-state index contributed by atoms with van der Waals surface area (Å²) in [5.41, 5.74) is 1.09. The third kappa shape index (κ3) is 7.48. The minimum atomic E-state index is -0.495. The number of aromatic nitrogens is 2. The van der Waals surface area contributed by atoms with Gasteiger partial charge in [0.25, 0.3) is 6.20 Å². The number of nitro groups is 1. The van der Waals surface area contributed by atoms with Gasteiger partial charge in [-0.25, -0.2) is 0 Å². The van der Waals surface area contributed by atoms with Gasteiger partial charge in [0.15, 0.2) is 5.82 Å². The molecular weight excluding hydrogens is 288 g/mol. The molecule has 1 heterocycles. The Bertz CT molecular complexity index is 486. The highest BCUT2D eigenvalue weighted by Gasteiger charge is 2.01. The van der Waals surface area contributed by atoms with Crippen LogP contribution in [0.3, 0.4) is 0 Å². The van der Waals surface area contributed by atoms with Crippen LogP contribution in [0.25, 0.3) is 0 Å². The van der Waals surface area contributed by atoms with Crippen molar-refractivity contribution in [1.82, 2.24) is 25.5 Å². The molecule has 0 saturated heterocycles. The van der Waals surface area contributed by atoms with E-state index in [1.54, 1.807) is 13.2 Å². The molecule has 0 saturated carbocycles. The van der Waals surface area contributed by atoms with Crippen molar-refractivity contribution in [2.75, 3.05) is 34.3 Å². The molecule has 0 spiro atoms. The van der Waals surface area contributed by atoms with Crippen molar-refractivity contribution in [3.63, 3.8) is 0 Å². The van der Waals surface area contributed by atoms with Gasteiger partial charge in [0.1, 0.15) is 6.61 Å². The first kappa shape index (κ1) is 17.8. The van der Waals surface area contributed by atoms with Gasteiger partial charge in [-0.05, 0) is 26.9 Å². The molecule has 0 fully saturated rings. The van der Waals surface area contributed by atoms with E-state index in [1.165, 1.54) is 4.85 Å². The van der Waals surface area contributed by atoms with Gasteiger partial charge in [0, 0.05) is 25.7 Å². The Morgan fingerprint density at radius 3 is 2.95 bits per heavy atom. The fourth-order valence-electron chi connectivity index (χ4n) is 1.77. The molecular formula is C13H24N6O3. The van der Waals surface area contributed by atoms with Gasteiger partial charge in [0.05, 0.1) is 17.3 Å². The van der Waals surface area contributed by atoms with Crippen LogP contribution >= 0.6 is 0 Å². The fraction of sp³-hybridized carbons (Fsp3) is 0.615. The monoisotopic (exact) mass is 312 g/mol. The van der Waals surface area contributed by atoms with Gasteiger partial charge in [-0.1, -0.05) is 0 Å². The van der Waals surface area contributed by atoms with Gasteiger partial charge in [0.2, 0.25) is 0 Å². The number of nitrogens with one attached hydrogen (secondary N) is 2. The van der Waals surface area contributed by atoms with Gasteiger partial charge in [-0.2, -0.15) is 0 Å². The molecule has 1 aromatic heterocycles. The first-order chi connectivity index (χ1) is 10.5. The maximum Gasteiger partial charge on any atom is 0.274 e. The summed E-state index contributed by atoms with van der Waals surface area (Å²) in [6.07, 6.45) is 6.21. The molecule has 9 heteroatoms. The van der Waals surface area contributed by atoms with Gasteiger partial charge in [-0.15, -0.1) is 9.94 Å². The van der Waals surface area contributed by atoms with E-state index in [9.17, 15) is 10.1 Å². The second-order valence-corrected chi connectivity index (χ2v) is 5.03. The second-order valence-electron chi connectivity index (χ2n) is 5.03. The smallest absolute Gasteiger partial charge is 0.274 e. The van der Waals surface area contributed by atoms with Crippen LogP contribution in [-0.2, 0) is 6.54 Å². The summed E-state index contributed by atoms with van der Waals surface area (Å²) in [4.78, 5) is 18.9. The highest BCUT2D eigenvalue weighted by molar-refractivity contribution is 5.02. The van der Waals surface area contributed by atoms with Crippen molar-refractivity contribution in [2.24, 2.45) is 0 Å². The van der Waals surface area contributed by atoms with Crippen LogP contribution in [-0.4, -0.2) is 54.1 Å². The van der Waals surface area contributed by atoms with E-state index < -0.39 is 4.92 Å². The maximum absolute atomic E-state index is 10.3. The molecule has 0 amide bonds. The lowest BCUT2D eigenvalue weighted by atomic mass is 10.3. The average molecular weight is 312 g/mol. The Kier molecular flexibility index (Phi) is 7.76. The lowest BCUT2D eigenvalue weighted by molar-refractivity contribution is -0.404. The number of hydrogen-bond donors (Lipinski definition) is 2. The molecule has 1 aromatic rings. The van der Waals surface area contributed by atoms with Crippen molar-refractivity contribution in [3.05, 3.63) is 40.1 Å². The molecule has 0 atom stereocenters. The Labute approximate surface area is 130 Å². The summed E-state index contributed by atoms with van der Waals surface area (Å²) in [7, 11) is 5.63. The summed E-state index contributed by atoms with van der Waals surface area (Å²) in [5, 5.41) is 20.1. The maximum atomic E-state index is 10.3. The van der Waals surface area contributed by atoms with E-state index in [0.29, 0.717) is 19.0 Å². The zero-order valence-corrected chi connectivity index (χ0v) is 13.3. The summed E-state index contributed by atoms with van der Waals surface area (Å²) >= 11 is 0. The van der Waals surface area contributed by atoms with E-state index in [2.05, 4.69) is 20.6 Å². The van der Waals surface area contributed by atoms with E-state index >= 15 is 0 Å². The SMILES string of the molecule is CNC(=C[N+](=O)[O-])NCCCCOn1cc(CN(C)C)cn1. The molecule has 0 aromatic carbocycles. The molecule has 124 valence electrons. The number of unbranched alkanes of at least 4 members (excludes halogenated alkanes) is 1. The minimum Gasteiger partial charge on any atom is -0.397 e. The number of rotatable bonds is 11. The Hall–Kier alpha value is -2.29. The lowest BCUT2D eigenvalue weighted by Crippen LogP contribution is -2.25. The van der Waals surface area contributed by atoms with Gasteiger partial charge in [-0.3, -0.25) is 10.1 Å². The van der Waals surface area contributed by atoms with Crippen molar-refractivity contribution in [1.29, 1.82) is 0 Å². The highest BCUT2D eigenvalue weighted by atomic mass is 16.7. The van der Waals surface area contributed by atoms with Crippen LogP contribution in [0.2, 0.25) is 0 Å². The van der Waals surface area contributed by atoms with E-state index in [4.69, 9.17) is 4.84 Å². The molecule has 0 aliphatic carbocycles. The molecule has 0 bridgehead atoms. The van der Waals surface area contributed by atoms with Crippen LogP contribution < -0.4 is 15.5 Å². The molecule has 2 N–H and O–H groups in total. The van der Waals surface area contributed by atoms with Crippen molar-refractivity contribution in [2.45, 2.75) is 19.4 Å². The van der Waals surface area contributed by atoms with E-state index in [1.807, 2.05) is 20.3 Å². The van der Waals surface area contributed by atoms with Crippen molar-refractivity contribution in [3.8, 4) is 0 Å². The predicted molar refractivity (Wildman–Crippen MR) is 82.4 cm³/mol. The largest absolute Gasteiger partial charge is 0.397 e. The Balaban J connectivity index is 2.15. The van der Waals surface area contributed by atoms with Gasteiger partial charge < -0.3 is 20.4 Å². The van der Waals surface area contributed by atoms with Crippen LogP contribution in [0.5, 0.6) is 0 Å². The zero-order valence-electron chi connectivity index (χ0n) is 13.3. The quantitative estimate of drug-likeness (QED) is 0.338. The third-order valence-corrected chi connectivity index (χ3v) is 2.73. The van der Waals surface area contributed by atoms with Crippen molar-refractivity contribution < 1.29 is 9.76 Å². The molecule has 0 radical (unpaired) electrons. The van der Waals surface area contributed by atoms with Crippen LogP contribution in [0.1, 0.15) is 18.4 Å². The normalized spacial score (nSPS) is 11.5. The summed E-state index contributed by atoms with van der Waals surface area (Å²) in [5.74, 6) is 0.395. The standard InChI is InChI=1S/C13H24N6O3/c1-14-13(11-19(20)21)15-6-4-5-7-22-18-10-12(8-16-18)9-17(2)3/h8,10-11,14-15H,4-7,9H2,1-3H3. The third-order valence-electron chi connectivity index (χ3n) is 2.73. The van der Waals surface area contributed by atoms with Gasteiger partial charge >= 0.3 is 0 Å². The predicted octanol–water partition coefficient (Wildman–Crippen LogP) is 0.0381. The molecule has 0 unspecified atom stereocenters. The van der Waals surface area contributed by atoms with Crippen LogP contribution in [0.15, 0.2) is 24.4 Å². The topological polar surface area (TPSA) is 97.5 Å². The van der Waals surface area contributed by atoms with E-state index in [-0.39, 0.29) is 0 Å². The Morgan fingerprint density at radius 1 is 1.55 bits per heavy atom. The summed E-state index contributed by atoms with van der Waals surface area (Å²) in [6, 6.07) is 0. The molecule has 22 heavy (non-hydrogen) atoms. The highest BCUT2D eigenvalue weighted by Crippen LogP contribution is 1.99. The first-order valence-corrected chi connectivity index (χ1v) is 7.09. The molecule has 1 rings (SSSR count). The van der Waals surface area contributed by atoms with Crippen LogP contribution in [0, 0.1) is 10.1 Å². The average Bonchev–Trinajstić information content (AvgIpc) is 2.87. The Morgan fingerprint density at radius 2 is 2.32 bits per heavy atom. The molecule has 0 aliphatic heterocycles. The summed E-state index contributed by atoms with van der Waals surface area (Å²) in [6.45, 7) is 2.00. The second kappa shape index (κ2) is 9.61. The minimum absolute atomic E-state index is 0.395. The summed E-state index contributed by atoms with van der Waals surface area (Å²) < 4.78 is 0. The zero-order chi connectivity index (χ0) is 16.4. The lowest BCUT2D eigenvalue weighted by Gasteiger charge is -2.08.